The van der Waals surface area contributed by atoms with Crippen molar-refractivity contribution >= 4 is 45.4 Å². The van der Waals surface area contributed by atoms with Crippen LogP contribution >= 0.6 is 15.6 Å². The number of aliphatic hydroxyl groups is 5. The van der Waals surface area contributed by atoms with Gasteiger partial charge in [0.25, 0.3) is 0 Å². The van der Waals surface area contributed by atoms with E-state index in [0.29, 0.717) is 32.1 Å². The van der Waals surface area contributed by atoms with Crippen LogP contribution in [-0.4, -0.2) is 174 Å². The van der Waals surface area contributed by atoms with Gasteiger partial charge in [-0.15, -0.1) is 0 Å². The Hall–Kier alpha value is -2.75. The van der Waals surface area contributed by atoms with Crippen molar-refractivity contribution in [3.63, 3.8) is 0 Å². The Bertz CT molecular complexity index is 2410. The molecule has 2 fully saturated rings. The van der Waals surface area contributed by atoms with Gasteiger partial charge in [-0.2, -0.15) is 0 Å². The van der Waals surface area contributed by atoms with Crippen molar-refractivity contribution in [3.05, 3.63) is 0 Å². The Morgan fingerprint density at radius 3 is 1.06 bits per heavy atom. The van der Waals surface area contributed by atoms with Crippen LogP contribution in [0.15, 0.2) is 0 Å². The maximum atomic E-state index is 14.9. The van der Waals surface area contributed by atoms with Gasteiger partial charge in [0.15, 0.2) is 24.8 Å². The molecule has 2 aliphatic heterocycles. The molecule has 26 nitrogen and oxygen atoms in total. The van der Waals surface area contributed by atoms with E-state index >= 15 is 0 Å². The number of esters is 3. The highest BCUT2D eigenvalue weighted by Crippen LogP contribution is 2.44. The number of aliphatic hydroxyl groups excluding tert-OH is 5. The highest BCUT2D eigenvalue weighted by molar-refractivity contribution is 7.46. The molecule has 0 spiro atoms. The van der Waals surface area contributed by atoms with Gasteiger partial charge in [0, 0.05) is 6.42 Å². The quantitative estimate of drug-likeness (QED) is 0.0117. The van der Waals surface area contributed by atoms with Crippen LogP contribution in [0, 0.1) is 0 Å². The average molecular weight is 1620 g/mol. The Morgan fingerprint density at radius 1 is 0.373 bits per heavy atom. The molecule has 0 saturated carbocycles. The number of amides is 2. The molecule has 0 aromatic carbocycles. The smallest absolute Gasteiger partial charge is 0.462 e. The van der Waals surface area contributed by atoms with Crippen molar-refractivity contribution in [3.8, 4) is 0 Å². The predicted octanol–water partition coefficient (Wildman–Crippen LogP) is 16.1. The van der Waals surface area contributed by atoms with Gasteiger partial charge in [-0.3, -0.25) is 33.0 Å². The zero-order valence-corrected chi connectivity index (χ0v) is 70.4. The summed E-state index contributed by atoms with van der Waals surface area (Å²) in [5.74, 6) is -4.51. The zero-order valence-electron chi connectivity index (χ0n) is 68.6. The predicted molar refractivity (Wildman–Crippen MR) is 425 cm³/mol. The first-order valence-corrected chi connectivity index (χ1v) is 46.8. The second kappa shape index (κ2) is 65.3. The summed E-state index contributed by atoms with van der Waals surface area (Å²) in [7, 11) is -11.3. The van der Waals surface area contributed by atoms with E-state index < -0.39 is 170 Å². The highest BCUT2D eigenvalue weighted by Gasteiger charge is 2.55. The van der Waals surface area contributed by atoms with Crippen molar-refractivity contribution in [1.82, 2.24) is 10.6 Å². The van der Waals surface area contributed by atoms with Crippen LogP contribution in [0.3, 0.4) is 0 Å². The fourth-order valence-corrected chi connectivity index (χ4v) is 15.7. The van der Waals surface area contributed by atoms with Gasteiger partial charge in [0.05, 0.1) is 57.2 Å². The number of hydrogen-bond donors (Lipinski definition) is 11. The van der Waals surface area contributed by atoms with Gasteiger partial charge in [-0.1, -0.05) is 324 Å². The molecule has 0 radical (unpaired) electrons. The lowest BCUT2D eigenvalue weighted by molar-refractivity contribution is -0.296. The van der Waals surface area contributed by atoms with Crippen LogP contribution in [0.4, 0.5) is 0 Å². The van der Waals surface area contributed by atoms with E-state index in [2.05, 4.69) is 45.3 Å². The third kappa shape index (κ3) is 52.8. The number of nitrogens with one attached hydrogen (secondary N) is 2. The summed E-state index contributed by atoms with van der Waals surface area (Å²) in [6.45, 7) is 8.73. The van der Waals surface area contributed by atoms with E-state index in [9.17, 15) is 78.2 Å². The van der Waals surface area contributed by atoms with E-state index in [4.69, 9.17) is 37.5 Å². The van der Waals surface area contributed by atoms with Gasteiger partial charge in [0.1, 0.15) is 42.6 Å². The molecule has 14 atom stereocenters. The van der Waals surface area contributed by atoms with Crippen molar-refractivity contribution in [2.75, 3.05) is 13.2 Å². The maximum absolute atomic E-state index is 14.9. The summed E-state index contributed by atoms with van der Waals surface area (Å²) >= 11 is 0. The minimum atomic E-state index is -5.65. The Labute approximate surface area is 661 Å². The zero-order chi connectivity index (χ0) is 81.1. The molecule has 2 rings (SSSR count). The summed E-state index contributed by atoms with van der Waals surface area (Å²) in [5, 5.41) is 62.1. The summed E-state index contributed by atoms with van der Waals surface area (Å²) in [5.41, 5.74) is 0. The first-order chi connectivity index (χ1) is 52.9. The number of phosphoric ester groups is 2. The van der Waals surface area contributed by atoms with E-state index in [1.807, 2.05) is 0 Å². The number of rotatable bonds is 73. The Morgan fingerprint density at radius 2 is 0.691 bits per heavy atom. The molecule has 0 aliphatic carbocycles. The normalized spacial score (nSPS) is 21.4. The summed E-state index contributed by atoms with van der Waals surface area (Å²) in [6, 6.07) is -3.81. The number of phosphoric acid groups is 2. The SMILES string of the molecule is CCCCCCCCCCCCCC(=O)OC(CCCCCCCCCCC)CC(=O)NC1C(OCC2OC(OP(=O)(O)O)C(NC(=O)CC(O)CCCCCCCCCCC)C(OC(=O)CC(O)CCCCCCCCCCC)C2O)OC(CO)C(OP(=O)(O)O)C1OC(=O)CC(O)CCCCCCCCCCC. The summed E-state index contributed by atoms with van der Waals surface area (Å²) < 4.78 is 72.7. The minimum absolute atomic E-state index is 0.0957. The monoisotopic (exact) mass is 1620 g/mol. The molecule has 2 heterocycles. The second-order valence-electron chi connectivity index (χ2n) is 31.5. The second-order valence-corrected chi connectivity index (χ2v) is 33.9. The van der Waals surface area contributed by atoms with Crippen molar-refractivity contribution in [1.29, 1.82) is 0 Å². The first kappa shape index (κ1) is 103. The van der Waals surface area contributed by atoms with Crippen LogP contribution in [0.1, 0.15) is 394 Å². The number of hydrogen-bond acceptors (Lipinski definition) is 20. The van der Waals surface area contributed by atoms with Crippen LogP contribution in [0.5, 0.6) is 0 Å². The molecular formula is C82H156N2O24P2. The van der Waals surface area contributed by atoms with Crippen molar-refractivity contribution in [2.24, 2.45) is 0 Å². The first-order valence-electron chi connectivity index (χ1n) is 43.8. The molecule has 2 saturated heterocycles. The van der Waals surface area contributed by atoms with E-state index in [1.54, 1.807) is 0 Å². The van der Waals surface area contributed by atoms with Gasteiger partial charge in [0.2, 0.25) is 11.8 Å². The fourth-order valence-electron chi connectivity index (χ4n) is 14.7. The number of unbranched alkanes of at least 4 members (excludes halogenated alkanes) is 42. The average Bonchev–Trinajstić information content (AvgIpc) is 0.783. The minimum Gasteiger partial charge on any atom is -0.462 e. The highest BCUT2D eigenvalue weighted by atomic mass is 31.2. The molecule has 648 valence electrons. The van der Waals surface area contributed by atoms with Gasteiger partial charge in [-0.25, -0.2) is 9.13 Å². The summed E-state index contributed by atoms with van der Waals surface area (Å²) in [4.78, 5) is 112. The molecule has 0 aromatic rings. The van der Waals surface area contributed by atoms with Crippen molar-refractivity contribution < 1.29 is 116 Å². The van der Waals surface area contributed by atoms with E-state index in [0.717, 1.165) is 205 Å². The van der Waals surface area contributed by atoms with E-state index in [1.165, 1.54) is 64.2 Å². The fraction of sp³-hybridized carbons (Fsp3) is 0.939. The van der Waals surface area contributed by atoms with Crippen LogP contribution in [0.25, 0.3) is 0 Å². The molecule has 110 heavy (non-hydrogen) atoms. The third-order valence-electron chi connectivity index (χ3n) is 21.1. The third-order valence-corrected chi connectivity index (χ3v) is 22.1. The molecule has 11 N–H and O–H groups in total. The summed E-state index contributed by atoms with van der Waals surface area (Å²) in [6.07, 6.45) is 25.3. The molecule has 0 bridgehead atoms. The lowest BCUT2D eigenvalue weighted by Gasteiger charge is -2.47. The molecular weight excluding hydrogens is 1460 g/mol. The standard InChI is InChI=1S/C82H156N2O24P2/c1-6-11-16-21-26-31-32-37-42-47-52-57-72(91)102-67(56-51-46-41-36-30-25-20-15-10-5)61-71(90)84-76-80(106-74(93)60-66(88)55-50-45-40-35-29-24-19-14-9-4)78(107-109(95,96)97)68(62-85)103-81(76)101-63-69-77(94)79(105-73(92)59-65(87)54-49-44-39-34-28-23-18-13-8-3)75(82(104-69)108-110(98,99)100)83-70(89)58-64(86)53-48-43-38-33-27-22-17-12-7-2/h64-69,75-82,85-88,94H,6-63H2,1-5H3,(H,83,89)(H,84,90)(H2,95,96,97)(H2,98,99,100). The molecule has 2 aliphatic rings. The van der Waals surface area contributed by atoms with Gasteiger partial charge < -0.3 is 84.2 Å². The maximum Gasteiger partial charge on any atom is 0.472 e. The van der Waals surface area contributed by atoms with E-state index in [-0.39, 0.29) is 32.1 Å². The van der Waals surface area contributed by atoms with Gasteiger partial charge >= 0.3 is 33.6 Å². The Kier molecular flexibility index (Phi) is 61.3. The number of carbonyl (C=O) groups is 5. The van der Waals surface area contributed by atoms with Crippen molar-refractivity contribution in [2.45, 2.75) is 480 Å². The number of carbonyl (C=O) groups excluding carboxylic acids is 5. The largest absolute Gasteiger partial charge is 0.472 e. The topological polar surface area (TPSA) is 399 Å². The number of ether oxygens (including phenoxy) is 6. The van der Waals surface area contributed by atoms with Crippen LogP contribution < -0.4 is 10.6 Å². The van der Waals surface area contributed by atoms with Gasteiger partial charge in [-0.05, 0) is 38.5 Å². The lowest BCUT2D eigenvalue weighted by Crippen LogP contribution is -2.68. The molecule has 28 heteroatoms. The Balaban J connectivity index is 2.69. The lowest BCUT2D eigenvalue weighted by atomic mass is 9.95. The molecule has 2 amide bonds. The van der Waals surface area contributed by atoms with Crippen LogP contribution in [-0.2, 0) is 70.6 Å². The van der Waals surface area contributed by atoms with Crippen LogP contribution in [0.2, 0.25) is 0 Å². The molecule has 14 unspecified atom stereocenters. The molecule has 0 aromatic heterocycles.